The molecule has 8 nitrogen and oxygen atoms in total. The maximum absolute atomic E-state index is 13.3. The van der Waals surface area contributed by atoms with Gasteiger partial charge in [0.25, 0.3) is 0 Å². The molecule has 244 valence electrons. The quantitative estimate of drug-likeness (QED) is 0.167. The Labute approximate surface area is 262 Å². The first kappa shape index (κ1) is 35.5. The molecule has 44 heavy (non-hydrogen) atoms. The van der Waals surface area contributed by atoms with Crippen molar-refractivity contribution >= 4 is 17.5 Å². The molecule has 0 aliphatic heterocycles. The highest BCUT2D eigenvalue weighted by atomic mass is 19.1. The first-order chi connectivity index (χ1) is 21.0. The molecule has 1 aliphatic carbocycles. The van der Waals surface area contributed by atoms with Crippen molar-refractivity contribution in [2.75, 3.05) is 25.6 Å². The van der Waals surface area contributed by atoms with Crippen molar-refractivity contribution in [3.63, 3.8) is 0 Å². The Morgan fingerprint density at radius 1 is 1.00 bits per heavy atom. The average Bonchev–Trinajstić information content (AvgIpc) is 3.44. The predicted molar refractivity (Wildman–Crippen MR) is 172 cm³/mol. The minimum absolute atomic E-state index is 0.0185. The van der Waals surface area contributed by atoms with Crippen molar-refractivity contribution in [1.29, 1.82) is 0 Å². The van der Waals surface area contributed by atoms with Gasteiger partial charge in [-0.15, -0.1) is 0 Å². The SMILES string of the molecule is COCCCOc1cc2c(cc1NC(=O)C[C@@H](C[C@H](N)[C@@H](O)C[C@H](C(=O)NCc1ccc(F)cc1)C(C)C)C(C)C)CCC2. The molecule has 0 aromatic heterocycles. The predicted octanol–water partition coefficient (Wildman–Crippen LogP) is 5.39. The smallest absolute Gasteiger partial charge is 0.224 e. The summed E-state index contributed by atoms with van der Waals surface area (Å²) in [5.74, 6) is -0.316. The summed E-state index contributed by atoms with van der Waals surface area (Å²) >= 11 is 0. The van der Waals surface area contributed by atoms with Crippen molar-refractivity contribution in [1.82, 2.24) is 5.32 Å². The summed E-state index contributed by atoms with van der Waals surface area (Å²) in [7, 11) is 1.66. The Bertz CT molecular complexity index is 1200. The number of ether oxygens (including phenoxy) is 2. The molecule has 0 bridgehead atoms. The molecule has 9 heteroatoms. The van der Waals surface area contributed by atoms with E-state index in [1.807, 2.05) is 19.9 Å². The van der Waals surface area contributed by atoms with E-state index < -0.39 is 18.1 Å². The minimum Gasteiger partial charge on any atom is -0.491 e. The van der Waals surface area contributed by atoms with Crippen molar-refractivity contribution < 1.29 is 28.6 Å². The van der Waals surface area contributed by atoms with Gasteiger partial charge in [-0.3, -0.25) is 9.59 Å². The van der Waals surface area contributed by atoms with E-state index in [-0.39, 0.29) is 54.8 Å². The van der Waals surface area contributed by atoms with E-state index in [1.165, 1.54) is 23.3 Å². The fourth-order valence-corrected chi connectivity index (χ4v) is 5.78. The molecular formula is C35H52FN3O5. The van der Waals surface area contributed by atoms with Gasteiger partial charge in [-0.25, -0.2) is 4.39 Å². The monoisotopic (exact) mass is 613 g/mol. The second kappa shape index (κ2) is 17.5. The van der Waals surface area contributed by atoms with E-state index in [1.54, 1.807) is 19.2 Å². The lowest BCUT2D eigenvalue weighted by Crippen LogP contribution is -2.42. The van der Waals surface area contributed by atoms with Crippen LogP contribution < -0.4 is 21.1 Å². The van der Waals surface area contributed by atoms with Gasteiger partial charge in [-0.1, -0.05) is 39.8 Å². The highest BCUT2D eigenvalue weighted by molar-refractivity contribution is 5.92. The molecule has 2 amide bonds. The Morgan fingerprint density at radius 3 is 2.32 bits per heavy atom. The summed E-state index contributed by atoms with van der Waals surface area (Å²) in [5, 5.41) is 17.1. The lowest BCUT2D eigenvalue weighted by Gasteiger charge is -2.29. The van der Waals surface area contributed by atoms with E-state index in [2.05, 4.69) is 30.5 Å². The summed E-state index contributed by atoms with van der Waals surface area (Å²) in [4.78, 5) is 26.3. The Hall–Kier alpha value is -3.01. The van der Waals surface area contributed by atoms with Crippen LogP contribution >= 0.6 is 0 Å². The number of carbonyl (C=O) groups excluding carboxylic acids is 2. The molecule has 2 aromatic carbocycles. The summed E-state index contributed by atoms with van der Waals surface area (Å²) in [5.41, 5.74) is 10.5. The molecule has 0 saturated carbocycles. The number of amides is 2. The lowest BCUT2D eigenvalue weighted by atomic mass is 9.82. The maximum Gasteiger partial charge on any atom is 0.224 e. The molecular weight excluding hydrogens is 561 g/mol. The van der Waals surface area contributed by atoms with Gasteiger partial charge in [0.15, 0.2) is 0 Å². The number of fused-ring (bicyclic) bond motifs is 1. The van der Waals surface area contributed by atoms with Crippen LogP contribution in [0.15, 0.2) is 36.4 Å². The first-order valence-electron chi connectivity index (χ1n) is 16.0. The van der Waals surface area contributed by atoms with E-state index in [0.29, 0.717) is 31.1 Å². The summed E-state index contributed by atoms with van der Waals surface area (Å²) in [6.07, 6.45) is 3.86. The Morgan fingerprint density at radius 2 is 1.68 bits per heavy atom. The molecule has 0 fully saturated rings. The van der Waals surface area contributed by atoms with Crippen LogP contribution in [0.3, 0.4) is 0 Å². The molecule has 2 aromatic rings. The molecule has 5 N–H and O–H groups in total. The lowest BCUT2D eigenvalue weighted by molar-refractivity contribution is -0.127. The number of aryl methyl sites for hydroxylation is 2. The topological polar surface area (TPSA) is 123 Å². The maximum atomic E-state index is 13.3. The van der Waals surface area contributed by atoms with Gasteiger partial charge in [-0.2, -0.15) is 0 Å². The zero-order chi connectivity index (χ0) is 32.2. The number of methoxy groups -OCH3 is 1. The number of aliphatic hydroxyl groups is 1. The van der Waals surface area contributed by atoms with Crippen LogP contribution in [0.2, 0.25) is 0 Å². The van der Waals surface area contributed by atoms with Crippen LogP contribution in [0.25, 0.3) is 0 Å². The Kier molecular flexibility index (Phi) is 14.1. The van der Waals surface area contributed by atoms with Gasteiger partial charge in [0.2, 0.25) is 11.8 Å². The zero-order valence-electron chi connectivity index (χ0n) is 27.0. The van der Waals surface area contributed by atoms with Crippen molar-refractivity contribution in [2.24, 2.45) is 29.4 Å². The van der Waals surface area contributed by atoms with Crippen LogP contribution in [0.5, 0.6) is 5.75 Å². The fraction of sp³-hybridized carbons (Fsp3) is 0.600. The Balaban J connectivity index is 1.58. The minimum atomic E-state index is -0.910. The van der Waals surface area contributed by atoms with E-state index in [0.717, 1.165) is 31.2 Å². The third kappa shape index (κ3) is 10.9. The number of nitrogens with one attached hydrogen (secondary N) is 2. The van der Waals surface area contributed by atoms with E-state index in [9.17, 15) is 19.1 Å². The first-order valence-corrected chi connectivity index (χ1v) is 16.0. The average molecular weight is 614 g/mol. The van der Waals surface area contributed by atoms with Gasteiger partial charge in [0.1, 0.15) is 11.6 Å². The van der Waals surface area contributed by atoms with Gasteiger partial charge < -0.3 is 30.9 Å². The molecule has 1 aliphatic rings. The number of aliphatic hydroxyl groups excluding tert-OH is 1. The number of nitrogens with two attached hydrogens (primary N) is 1. The summed E-state index contributed by atoms with van der Waals surface area (Å²) in [6, 6.07) is 9.48. The van der Waals surface area contributed by atoms with Crippen molar-refractivity contribution in [3.8, 4) is 5.75 Å². The number of carbonyl (C=O) groups is 2. The second-order valence-electron chi connectivity index (χ2n) is 12.8. The summed E-state index contributed by atoms with van der Waals surface area (Å²) < 4.78 is 24.4. The standard InChI is InChI=1S/C35H52FN3O5/c1-22(2)27(19-34(41)39-31-17-25-8-6-9-26(25)18-33(31)44-15-7-14-43-5)16-30(37)32(40)20-29(23(3)4)35(42)38-21-24-10-12-28(36)13-11-24/h10-13,17-18,22-23,27,29-30,32,40H,6-9,14-16,19-21,37H2,1-5H3,(H,38,42)(H,39,41)/t27-,29+,30+,32+/m1/s1. The van der Waals surface area contributed by atoms with Crippen molar-refractivity contribution in [2.45, 2.75) is 91.3 Å². The molecule has 0 spiro atoms. The number of halogens is 1. The second-order valence-corrected chi connectivity index (χ2v) is 12.8. The number of hydrogen-bond acceptors (Lipinski definition) is 6. The molecule has 4 atom stereocenters. The number of rotatable bonds is 18. The third-order valence-corrected chi connectivity index (χ3v) is 8.69. The van der Waals surface area contributed by atoms with E-state index in [4.69, 9.17) is 15.2 Å². The highest BCUT2D eigenvalue weighted by Crippen LogP contribution is 2.34. The molecule has 3 rings (SSSR count). The molecule has 0 heterocycles. The van der Waals surface area contributed by atoms with Crippen LogP contribution in [0.1, 0.15) is 76.5 Å². The van der Waals surface area contributed by atoms with Crippen LogP contribution in [-0.2, 0) is 33.7 Å². The fourth-order valence-electron chi connectivity index (χ4n) is 5.78. The normalized spacial score (nSPS) is 15.5. The van der Waals surface area contributed by atoms with Crippen molar-refractivity contribution in [3.05, 3.63) is 58.9 Å². The molecule has 0 unspecified atom stereocenters. The van der Waals surface area contributed by atoms with Gasteiger partial charge in [0.05, 0.1) is 18.4 Å². The highest BCUT2D eigenvalue weighted by Gasteiger charge is 2.30. The van der Waals surface area contributed by atoms with Gasteiger partial charge in [-0.05, 0) is 90.8 Å². The molecule has 0 radical (unpaired) electrons. The van der Waals surface area contributed by atoms with Gasteiger partial charge in [0, 0.05) is 45.1 Å². The number of hydrogen-bond donors (Lipinski definition) is 4. The van der Waals surface area contributed by atoms with Crippen LogP contribution in [0.4, 0.5) is 10.1 Å². The molecule has 0 saturated heterocycles. The zero-order valence-corrected chi connectivity index (χ0v) is 27.0. The van der Waals surface area contributed by atoms with Crippen LogP contribution in [-0.4, -0.2) is 49.4 Å². The largest absolute Gasteiger partial charge is 0.491 e. The van der Waals surface area contributed by atoms with E-state index >= 15 is 0 Å². The van der Waals surface area contributed by atoms with Gasteiger partial charge >= 0.3 is 0 Å². The third-order valence-electron chi connectivity index (χ3n) is 8.69. The number of anilines is 1. The number of benzene rings is 2. The van der Waals surface area contributed by atoms with Crippen LogP contribution in [0, 0.1) is 29.5 Å². The summed E-state index contributed by atoms with van der Waals surface area (Å²) in [6.45, 7) is 9.37.